The van der Waals surface area contributed by atoms with Gasteiger partial charge in [0.25, 0.3) is 5.69 Å². The number of nitrogens with one attached hydrogen (secondary N) is 2. The summed E-state index contributed by atoms with van der Waals surface area (Å²) in [6.07, 6.45) is 3.10. The van der Waals surface area contributed by atoms with Gasteiger partial charge in [-0.25, -0.2) is 4.98 Å². The third-order valence-corrected chi connectivity index (χ3v) is 5.16. The maximum atomic E-state index is 11.0. The van der Waals surface area contributed by atoms with Crippen molar-refractivity contribution in [2.75, 3.05) is 25.1 Å². The molecule has 3 rings (SSSR count). The van der Waals surface area contributed by atoms with Crippen LogP contribution in [0.5, 0.6) is 0 Å². The molecule has 1 unspecified atom stereocenters. The zero-order valence-corrected chi connectivity index (χ0v) is 15.8. The van der Waals surface area contributed by atoms with Crippen molar-refractivity contribution in [2.45, 2.75) is 38.3 Å². The fourth-order valence-electron chi connectivity index (χ4n) is 3.51. The van der Waals surface area contributed by atoms with E-state index < -0.39 is 4.92 Å². The number of pyridine rings is 1. The van der Waals surface area contributed by atoms with Gasteiger partial charge in [0.15, 0.2) is 0 Å². The lowest BCUT2D eigenvalue weighted by Crippen LogP contribution is -2.54. The van der Waals surface area contributed by atoms with Crippen LogP contribution in [0.25, 0.3) is 0 Å². The van der Waals surface area contributed by atoms with E-state index in [1.807, 2.05) is 18.2 Å². The number of nitro groups is 1. The molecule has 2 N–H and O–H groups in total. The fourth-order valence-corrected chi connectivity index (χ4v) is 3.51. The van der Waals surface area contributed by atoms with Crippen molar-refractivity contribution in [1.29, 1.82) is 0 Å². The highest BCUT2D eigenvalue weighted by Gasteiger charge is 2.34. The number of aromatic nitrogens is 1. The van der Waals surface area contributed by atoms with Gasteiger partial charge in [0.1, 0.15) is 12.0 Å². The Balaban J connectivity index is 1.71. The molecular formula is C20H26N4O3. The van der Waals surface area contributed by atoms with Crippen molar-refractivity contribution < 1.29 is 9.66 Å². The first-order chi connectivity index (χ1) is 13.0. The zero-order valence-electron chi connectivity index (χ0n) is 15.8. The highest BCUT2D eigenvalue weighted by Crippen LogP contribution is 2.26. The predicted octanol–water partition coefficient (Wildman–Crippen LogP) is 3.61. The minimum atomic E-state index is -0.408. The van der Waals surface area contributed by atoms with Crippen LogP contribution >= 0.6 is 0 Å². The highest BCUT2D eigenvalue weighted by molar-refractivity contribution is 5.47. The van der Waals surface area contributed by atoms with Crippen molar-refractivity contribution in [3.8, 4) is 0 Å². The van der Waals surface area contributed by atoms with E-state index in [1.54, 1.807) is 13.0 Å². The Bertz CT molecular complexity index is 776. The molecule has 0 bridgehead atoms. The molecule has 0 amide bonds. The van der Waals surface area contributed by atoms with E-state index in [4.69, 9.17) is 4.74 Å². The van der Waals surface area contributed by atoms with E-state index in [1.165, 1.54) is 11.8 Å². The molecule has 1 aromatic carbocycles. The van der Waals surface area contributed by atoms with Gasteiger partial charge in [-0.2, -0.15) is 0 Å². The monoisotopic (exact) mass is 370 g/mol. The molecule has 0 aliphatic carbocycles. The maximum Gasteiger partial charge on any atom is 0.290 e. The molecule has 1 fully saturated rings. The molecule has 0 radical (unpaired) electrons. The van der Waals surface area contributed by atoms with Gasteiger partial charge in [-0.15, -0.1) is 0 Å². The van der Waals surface area contributed by atoms with Crippen LogP contribution in [0.2, 0.25) is 0 Å². The molecule has 1 saturated heterocycles. The van der Waals surface area contributed by atoms with Gasteiger partial charge in [0.05, 0.1) is 4.92 Å². The van der Waals surface area contributed by atoms with Gasteiger partial charge in [-0.3, -0.25) is 10.1 Å². The fraction of sp³-hybridized carbons (Fsp3) is 0.450. The second kappa shape index (κ2) is 8.45. The summed E-state index contributed by atoms with van der Waals surface area (Å²) in [6, 6.07) is 12.3. The van der Waals surface area contributed by atoms with Crippen LogP contribution in [0.4, 0.5) is 11.5 Å². The Kier molecular flexibility index (Phi) is 6.03. The van der Waals surface area contributed by atoms with Gasteiger partial charge in [0.2, 0.25) is 0 Å². The van der Waals surface area contributed by atoms with Crippen LogP contribution < -0.4 is 10.6 Å². The molecule has 0 spiro atoms. The van der Waals surface area contributed by atoms with Crippen molar-refractivity contribution in [3.05, 3.63) is 63.8 Å². The SMILES string of the molecule is Cc1cc(NCC2(NC(C)c3ccccc3)CCOCC2)ncc1[N+](=O)[O-]. The molecule has 2 heterocycles. The number of rotatable bonds is 7. The number of benzene rings is 1. The molecule has 27 heavy (non-hydrogen) atoms. The summed E-state index contributed by atoms with van der Waals surface area (Å²) in [5.74, 6) is 0.651. The molecule has 1 aliphatic heterocycles. The second-order valence-electron chi connectivity index (χ2n) is 7.14. The van der Waals surface area contributed by atoms with E-state index in [-0.39, 0.29) is 17.3 Å². The van der Waals surface area contributed by atoms with Crippen molar-refractivity contribution in [1.82, 2.24) is 10.3 Å². The van der Waals surface area contributed by atoms with Gasteiger partial charge in [-0.05, 0) is 38.3 Å². The van der Waals surface area contributed by atoms with E-state index in [0.29, 0.717) is 31.1 Å². The van der Waals surface area contributed by atoms with E-state index in [2.05, 4.69) is 34.7 Å². The average molecular weight is 370 g/mol. The van der Waals surface area contributed by atoms with Crippen LogP contribution in [0.3, 0.4) is 0 Å². The molecule has 2 aromatic rings. The summed E-state index contributed by atoms with van der Waals surface area (Å²) in [5.41, 5.74) is 1.76. The van der Waals surface area contributed by atoms with Crippen LogP contribution in [0.1, 0.15) is 36.9 Å². The summed E-state index contributed by atoms with van der Waals surface area (Å²) < 4.78 is 5.57. The Hall–Kier alpha value is -2.51. The molecular weight excluding hydrogens is 344 g/mol. The van der Waals surface area contributed by atoms with Crippen molar-refractivity contribution in [2.24, 2.45) is 0 Å². The number of hydrogen-bond acceptors (Lipinski definition) is 6. The summed E-state index contributed by atoms with van der Waals surface area (Å²) >= 11 is 0. The quantitative estimate of drug-likeness (QED) is 0.572. The summed E-state index contributed by atoms with van der Waals surface area (Å²) in [5, 5.41) is 18.1. The Labute approximate surface area is 159 Å². The van der Waals surface area contributed by atoms with Crippen LogP contribution in [0.15, 0.2) is 42.6 Å². The number of ether oxygens (including phenoxy) is 1. The molecule has 144 valence electrons. The number of anilines is 1. The van der Waals surface area contributed by atoms with Crippen molar-refractivity contribution >= 4 is 11.5 Å². The third-order valence-electron chi connectivity index (χ3n) is 5.16. The van der Waals surface area contributed by atoms with Crippen LogP contribution in [-0.2, 0) is 4.74 Å². The van der Waals surface area contributed by atoms with Crippen molar-refractivity contribution in [3.63, 3.8) is 0 Å². The molecule has 1 aromatic heterocycles. The molecule has 7 heteroatoms. The first-order valence-electron chi connectivity index (χ1n) is 9.24. The normalized spacial score (nSPS) is 17.3. The van der Waals surface area contributed by atoms with E-state index >= 15 is 0 Å². The van der Waals surface area contributed by atoms with Gasteiger partial charge >= 0.3 is 0 Å². The minimum absolute atomic E-state index is 0.0390. The third kappa shape index (κ3) is 4.81. The maximum absolute atomic E-state index is 11.0. The molecule has 0 saturated carbocycles. The van der Waals surface area contributed by atoms with Gasteiger partial charge < -0.3 is 15.4 Å². The second-order valence-corrected chi connectivity index (χ2v) is 7.14. The van der Waals surface area contributed by atoms with Gasteiger partial charge in [0, 0.05) is 36.9 Å². The molecule has 1 aliphatic rings. The summed E-state index contributed by atoms with van der Waals surface area (Å²) in [7, 11) is 0. The Morgan fingerprint density at radius 3 is 2.63 bits per heavy atom. The topological polar surface area (TPSA) is 89.3 Å². The first kappa shape index (κ1) is 19.3. The van der Waals surface area contributed by atoms with Crippen LogP contribution in [-0.4, -0.2) is 35.2 Å². The lowest BCUT2D eigenvalue weighted by Gasteiger charge is -2.40. The smallest absolute Gasteiger partial charge is 0.290 e. The lowest BCUT2D eigenvalue weighted by molar-refractivity contribution is -0.385. The Morgan fingerprint density at radius 2 is 2.00 bits per heavy atom. The summed E-state index contributed by atoms with van der Waals surface area (Å²) in [4.78, 5) is 14.8. The highest BCUT2D eigenvalue weighted by atomic mass is 16.6. The number of aryl methyl sites for hydroxylation is 1. The Morgan fingerprint density at radius 1 is 1.30 bits per heavy atom. The van der Waals surface area contributed by atoms with E-state index in [0.717, 1.165) is 12.8 Å². The minimum Gasteiger partial charge on any atom is -0.381 e. The summed E-state index contributed by atoms with van der Waals surface area (Å²) in [6.45, 7) is 6.00. The average Bonchev–Trinajstić information content (AvgIpc) is 2.67. The molecule has 1 atom stereocenters. The number of hydrogen-bond donors (Lipinski definition) is 2. The predicted molar refractivity (Wildman–Crippen MR) is 105 cm³/mol. The zero-order chi connectivity index (χ0) is 19.3. The van der Waals surface area contributed by atoms with E-state index in [9.17, 15) is 10.1 Å². The first-order valence-corrected chi connectivity index (χ1v) is 9.24. The molecule has 7 nitrogen and oxygen atoms in total. The largest absolute Gasteiger partial charge is 0.381 e. The van der Waals surface area contributed by atoms with Gasteiger partial charge in [-0.1, -0.05) is 30.3 Å². The number of nitrogens with zero attached hydrogens (tertiary/aromatic N) is 2. The standard InChI is InChI=1S/C20H26N4O3/c1-15-12-19(21-13-18(15)24(25)26)22-14-20(8-10-27-11-9-20)23-16(2)17-6-4-3-5-7-17/h3-7,12-13,16,23H,8-11,14H2,1-2H3,(H,21,22). The lowest BCUT2D eigenvalue weighted by atomic mass is 9.88. The van der Waals surface area contributed by atoms with Crippen LogP contribution in [0, 0.1) is 17.0 Å².